The largest absolute Gasteiger partial charge is 0.339 e. The standard InChI is InChI=1S/C24H26FN5O2S/c1-18-3-2-4-21(15-18)30-10-9-26-24(30)33-17-23(32)29-13-11-28(12-14-29)16-22(31)27-20-7-5-19(25)6-8-20/h2-10,15H,11-14,16-17H2,1H3,(H,27,31). The fraction of sp³-hybridized carbons (Fsp3) is 0.292. The summed E-state index contributed by atoms with van der Waals surface area (Å²) in [7, 11) is 0. The van der Waals surface area contributed by atoms with Crippen molar-refractivity contribution in [1.82, 2.24) is 19.4 Å². The second kappa shape index (κ2) is 10.6. The SMILES string of the molecule is Cc1cccc(-n2ccnc2SCC(=O)N2CCN(CC(=O)Nc3ccc(F)cc3)CC2)c1. The number of aromatic nitrogens is 2. The number of carbonyl (C=O) groups is 2. The Morgan fingerprint density at radius 3 is 2.58 bits per heavy atom. The molecule has 172 valence electrons. The van der Waals surface area contributed by atoms with Crippen LogP contribution in [-0.4, -0.2) is 69.6 Å². The Hall–Kier alpha value is -3.17. The van der Waals surface area contributed by atoms with Crippen molar-refractivity contribution in [3.05, 3.63) is 72.3 Å². The highest BCUT2D eigenvalue weighted by molar-refractivity contribution is 7.99. The number of piperazine rings is 1. The predicted octanol–water partition coefficient (Wildman–Crippen LogP) is 3.19. The molecule has 2 amide bonds. The van der Waals surface area contributed by atoms with Crippen molar-refractivity contribution < 1.29 is 14.0 Å². The maximum atomic E-state index is 13.0. The fourth-order valence-corrected chi connectivity index (χ4v) is 4.56. The molecule has 1 fully saturated rings. The number of nitrogens with one attached hydrogen (secondary N) is 1. The van der Waals surface area contributed by atoms with Gasteiger partial charge in [0.05, 0.1) is 12.3 Å². The molecule has 0 radical (unpaired) electrons. The monoisotopic (exact) mass is 467 g/mol. The summed E-state index contributed by atoms with van der Waals surface area (Å²) >= 11 is 1.43. The lowest BCUT2D eigenvalue weighted by molar-refractivity contribution is -0.130. The average molecular weight is 468 g/mol. The topological polar surface area (TPSA) is 70.5 Å². The van der Waals surface area contributed by atoms with Crippen molar-refractivity contribution >= 4 is 29.3 Å². The smallest absolute Gasteiger partial charge is 0.238 e. The molecule has 0 unspecified atom stereocenters. The number of amides is 2. The average Bonchev–Trinajstić information content (AvgIpc) is 3.28. The summed E-state index contributed by atoms with van der Waals surface area (Å²) in [5.74, 6) is -0.117. The number of anilines is 1. The predicted molar refractivity (Wildman–Crippen MR) is 127 cm³/mol. The van der Waals surface area contributed by atoms with Gasteiger partial charge >= 0.3 is 0 Å². The molecule has 0 spiro atoms. The third-order valence-corrected chi connectivity index (χ3v) is 6.38. The second-order valence-corrected chi connectivity index (χ2v) is 8.86. The van der Waals surface area contributed by atoms with Gasteiger partial charge in [0.1, 0.15) is 5.82 Å². The van der Waals surface area contributed by atoms with E-state index < -0.39 is 0 Å². The quantitative estimate of drug-likeness (QED) is 0.541. The molecule has 0 saturated carbocycles. The van der Waals surface area contributed by atoms with E-state index in [0.29, 0.717) is 37.6 Å². The molecule has 1 N–H and O–H groups in total. The summed E-state index contributed by atoms with van der Waals surface area (Å²) in [6, 6.07) is 13.8. The first-order valence-corrected chi connectivity index (χ1v) is 11.8. The van der Waals surface area contributed by atoms with Gasteiger partial charge < -0.3 is 10.2 Å². The van der Waals surface area contributed by atoms with Crippen LogP contribution in [0.1, 0.15) is 5.56 Å². The fourth-order valence-electron chi connectivity index (χ4n) is 3.68. The van der Waals surface area contributed by atoms with Gasteiger partial charge in [-0.05, 0) is 48.9 Å². The molecule has 1 saturated heterocycles. The van der Waals surface area contributed by atoms with E-state index in [2.05, 4.69) is 16.4 Å². The van der Waals surface area contributed by atoms with Gasteiger partial charge in [-0.2, -0.15) is 0 Å². The van der Waals surface area contributed by atoms with E-state index in [1.807, 2.05) is 45.7 Å². The van der Waals surface area contributed by atoms with E-state index in [4.69, 9.17) is 0 Å². The van der Waals surface area contributed by atoms with Gasteiger partial charge in [0.15, 0.2) is 5.16 Å². The van der Waals surface area contributed by atoms with E-state index in [-0.39, 0.29) is 24.2 Å². The molecule has 2 aromatic carbocycles. The highest BCUT2D eigenvalue weighted by atomic mass is 32.2. The van der Waals surface area contributed by atoms with Crippen molar-refractivity contribution in [3.63, 3.8) is 0 Å². The highest BCUT2D eigenvalue weighted by Crippen LogP contribution is 2.21. The van der Waals surface area contributed by atoms with Crippen LogP contribution in [-0.2, 0) is 9.59 Å². The molecule has 4 rings (SSSR count). The normalized spacial score (nSPS) is 14.3. The lowest BCUT2D eigenvalue weighted by Crippen LogP contribution is -2.50. The Labute approximate surface area is 196 Å². The molecule has 1 aliphatic heterocycles. The number of thioether (sulfide) groups is 1. The van der Waals surface area contributed by atoms with E-state index in [9.17, 15) is 14.0 Å². The van der Waals surface area contributed by atoms with Gasteiger partial charge in [-0.3, -0.25) is 19.1 Å². The van der Waals surface area contributed by atoms with Gasteiger partial charge in [-0.1, -0.05) is 23.9 Å². The van der Waals surface area contributed by atoms with Gasteiger partial charge in [0.25, 0.3) is 0 Å². The molecule has 0 atom stereocenters. The van der Waals surface area contributed by atoms with Gasteiger partial charge in [0.2, 0.25) is 11.8 Å². The summed E-state index contributed by atoms with van der Waals surface area (Å²) in [4.78, 5) is 33.2. The zero-order chi connectivity index (χ0) is 23.2. The number of carbonyl (C=O) groups excluding carboxylic acids is 2. The molecule has 2 heterocycles. The number of rotatable bonds is 7. The Morgan fingerprint density at radius 1 is 1.09 bits per heavy atom. The summed E-state index contributed by atoms with van der Waals surface area (Å²) in [5, 5.41) is 3.55. The Morgan fingerprint density at radius 2 is 1.85 bits per heavy atom. The van der Waals surface area contributed by atoms with Crippen molar-refractivity contribution in [3.8, 4) is 5.69 Å². The molecule has 0 aliphatic carbocycles. The zero-order valence-electron chi connectivity index (χ0n) is 18.4. The molecule has 1 aliphatic rings. The van der Waals surface area contributed by atoms with Crippen LogP contribution in [0.3, 0.4) is 0 Å². The van der Waals surface area contributed by atoms with Crippen LogP contribution >= 0.6 is 11.8 Å². The van der Waals surface area contributed by atoms with E-state index in [1.165, 1.54) is 36.0 Å². The molecule has 7 nitrogen and oxygen atoms in total. The first kappa shape index (κ1) is 23.0. The first-order chi connectivity index (χ1) is 16.0. The number of benzene rings is 2. The summed E-state index contributed by atoms with van der Waals surface area (Å²) in [5.41, 5.74) is 2.75. The van der Waals surface area contributed by atoms with Crippen LogP contribution in [0, 0.1) is 12.7 Å². The van der Waals surface area contributed by atoms with Crippen LogP contribution in [0.5, 0.6) is 0 Å². The summed E-state index contributed by atoms with van der Waals surface area (Å²) < 4.78 is 15.0. The molecule has 9 heteroatoms. The van der Waals surface area contributed by atoms with E-state index in [0.717, 1.165) is 16.4 Å². The third-order valence-electron chi connectivity index (χ3n) is 5.43. The lowest BCUT2D eigenvalue weighted by atomic mass is 10.2. The Bertz CT molecular complexity index is 1110. The minimum atomic E-state index is -0.342. The third kappa shape index (κ3) is 6.21. The van der Waals surface area contributed by atoms with E-state index >= 15 is 0 Å². The van der Waals surface area contributed by atoms with Crippen molar-refractivity contribution in [2.24, 2.45) is 0 Å². The Balaban J connectivity index is 1.23. The van der Waals surface area contributed by atoms with Gasteiger partial charge in [0, 0.05) is 49.9 Å². The maximum Gasteiger partial charge on any atom is 0.238 e. The molecule has 33 heavy (non-hydrogen) atoms. The zero-order valence-corrected chi connectivity index (χ0v) is 19.2. The molecular weight excluding hydrogens is 441 g/mol. The summed E-state index contributed by atoms with van der Waals surface area (Å²) in [6.45, 7) is 4.70. The number of aryl methyl sites for hydroxylation is 1. The first-order valence-electron chi connectivity index (χ1n) is 10.8. The minimum Gasteiger partial charge on any atom is -0.339 e. The van der Waals surface area contributed by atoms with Crippen molar-refractivity contribution in [1.29, 1.82) is 0 Å². The van der Waals surface area contributed by atoms with Crippen molar-refractivity contribution in [2.75, 3.05) is 43.8 Å². The molecule has 3 aromatic rings. The molecule has 0 bridgehead atoms. The molecule has 1 aromatic heterocycles. The Kier molecular flexibility index (Phi) is 7.41. The summed E-state index contributed by atoms with van der Waals surface area (Å²) in [6.07, 6.45) is 3.64. The van der Waals surface area contributed by atoms with E-state index in [1.54, 1.807) is 6.20 Å². The molecular formula is C24H26FN5O2S. The number of halogens is 1. The lowest BCUT2D eigenvalue weighted by Gasteiger charge is -2.34. The number of nitrogens with zero attached hydrogens (tertiary/aromatic N) is 4. The number of hydrogen-bond acceptors (Lipinski definition) is 5. The maximum absolute atomic E-state index is 13.0. The minimum absolute atomic E-state index is 0.0641. The van der Waals surface area contributed by atoms with Crippen LogP contribution < -0.4 is 5.32 Å². The highest BCUT2D eigenvalue weighted by Gasteiger charge is 2.23. The van der Waals surface area contributed by atoms with Gasteiger partial charge in [-0.15, -0.1) is 0 Å². The van der Waals surface area contributed by atoms with Crippen LogP contribution in [0.25, 0.3) is 5.69 Å². The van der Waals surface area contributed by atoms with Crippen LogP contribution in [0.15, 0.2) is 66.1 Å². The second-order valence-electron chi connectivity index (χ2n) is 7.92. The van der Waals surface area contributed by atoms with Crippen LogP contribution in [0.2, 0.25) is 0 Å². The number of imidazole rings is 1. The van der Waals surface area contributed by atoms with Gasteiger partial charge in [-0.25, -0.2) is 9.37 Å². The number of hydrogen-bond donors (Lipinski definition) is 1. The van der Waals surface area contributed by atoms with Crippen molar-refractivity contribution in [2.45, 2.75) is 12.1 Å². The van der Waals surface area contributed by atoms with Crippen LogP contribution in [0.4, 0.5) is 10.1 Å².